The summed E-state index contributed by atoms with van der Waals surface area (Å²) in [5, 5.41) is 15.0. The van der Waals surface area contributed by atoms with Gasteiger partial charge in [0, 0.05) is 5.70 Å². The maximum atomic E-state index is 13.0. The number of anilines is 1. The van der Waals surface area contributed by atoms with Gasteiger partial charge < -0.3 is 19.5 Å². The molecule has 3 aromatic rings. The Morgan fingerprint density at radius 1 is 1.26 bits per heavy atom. The number of rotatable bonds is 9. The predicted octanol–water partition coefficient (Wildman–Crippen LogP) is 4.74. The first-order chi connectivity index (χ1) is 16.9. The highest BCUT2D eigenvalue weighted by molar-refractivity contribution is 9.10. The molecule has 0 saturated carbocycles. The molecule has 182 valence electrons. The van der Waals surface area contributed by atoms with Crippen LogP contribution in [0.25, 0.3) is 0 Å². The molecule has 0 saturated heterocycles. The number of carbonyl (C=O) groups is 1. The minimum absolute atomic E-state index is 0.0877. The van der Waals surface area contributed by atoms with Crippen LogP contribution in [0.3, 0.4) is 0 Å². The van der Waals surface area contributed by atoms with E-state index in [0.717, 1.165) is 16.7 Å². The molecule has 1 aromatic heterocycles. The number of hydrogen-bond donors (Lipinski definition) is 1. The molecule has 10 heteroatoms. The lowest BCUT2D eigenvalue weighted by Gasteiger charge is -2.28. The Labute approximate surface area is 211 Å². The van der Waals surface area contributed by atoms with Crippen molar-refractivity contribution in [2.45, 2.75) is 33.4 Å². The first-order valence-electron chi connectivity index (χ1n) is 11.1. The van der Waals surface area contributed by atoms with Crippen molar-refractivity contribution in [3.05, 3.63) is 81.5 Å². The monoisotopic (exact) mass is 539 g/mol. The Hall–Kier alpha value is -3.66. The zero-order valence-electron chi connectivity index (χ0n) is 19.7. The topological polar surface area (TPSA) is 100 Å². The van der Waals surface area contributed by atoms with Crippen molar-refractivity contribution in [3.63, 3.8) is 0 Å². The largest absolute Gasteiger partial charge is 0.490 e. The highest BCUT2D eigenvalue weighted by Crippen LogP contribution is 2.43. The van der Waals surface area contributed by atoms with Crippen molar-refractivity contribution in [2.75, 3.05) is 18.5 Å². The number of tetrazole rings is 1. The number of ether oxygens (including phenoxy) is 3. The van der Waals surface area contributed by atoms with Crippen LogP contribution in [0.4, 0.5) is 5.95 Å². The number of fused-ring (bicyclic) bond motifs is 1. The number of carbonyl (C=O) groups excluding carboxylic acids is 1. The lowest BCUT2D eigenvalue weighted by atomic mass is 9.95. The molecule has 0 bridgehead atoms. The summed E-state index contributed by atoms with van der Waals surface area (Å²) in [6, 6.07) is 11.2. The first kappa shape index (κ1) is 24.5. The molecule has 0 radical (unpaired) electrons. The minimum atomic E-state index is -0.639. The fourth-order valence-corrected chi connectivity index (χ4v) is 4.48. The molecule has 2 aromatic carbocycles. The second-order valence-electron chi connectivity index (χ2n) is 7.94. The Kier molecular flexibility index (Phi) is 7.50. The molecule has 1 aliphatic rings. The van der Waals surface area contributed by atoms with E-state index in [0.29, 0.717) is 46.4 Å². The third-order valence-electron chi connectivity index (χ3n) is 5.38. The molecule has 1 unspecified atom stereocenters. The lowest BCUT2D eigenvalue weighted by molar-refractivity contribution is -0.138. The van der Waals surface area contributed by atoms with Gasteiger partial charge in [-0.3, -0.25) is 0 Å². The Balaban J connectivity index is 1.74. The molecule has 0 fully saturated rings. The van der Waals surface area contributed by atoms with E-state index >= 15 is 0 Å². The van der Waals surface area contributed by atoms with Gasteiger partial charge in [0.2, 0.25) is 5.95 Å². The van der Waals surface area contributed by atoms with E-state index < -0.39 is 12.0 Å². The molecule has 35 heavy (non-hydrogen) atoms. The number of nitrogens with one attached hydrogen (secondary N) is 1. The normalized spacial score (nSPS) is 14.7. The molecule has 1 aliphatic heterocycles. The summed E-state index contributed by atoms with van der Waals surface area (Å²) in [4.78, 5) is 13.0. The highest BCUT2D eigenvalue weighted by Gasteiger charge is 2.36. The summed E-state index contributed by atoms with van der Waals surface area (Å²) >= 11 is 3.64. The minimum Gasteiger partial charge on any atom is -0.490 e. The fourth-order valence-electron chi connectivity index (χ4n) is 3.90. The summed E-state index contributed by atoms with van der Waals surface area (Å²) in [6.07, 6.45) is 1.52. The van der Waals surface area contributed by atoms with Crippen LogP contribution in [-0.2, 0) is 16.1 Å². The maximum absolute atomic E-state index is 13.0. The van der Waals surface area contributed by atoms with E-state index in [9.17, 15) is 4.79 Å². The van der Waals surface area contributed by atoms with E-state index in [1.165, 1.54) is 6.08 Å². The summed E-state index contributed by atoms with van der Waals surface area (Å²) in [5.74, 6) is 1.03. The second kappa shape index (κ2) is 10.7. The number of benzene rings is 2. The average Bonchev–Trinajstić information content (AvgIpc) is 3.29. The van der Waals surface area contributed by atoms with Crippen LogP contribution in [0.15, 0.2) is 64.8 Å². The Morgan fingerprint density at radius 2 is 2.09 bits per heavy atom. The van der Waals surface area contributed by atoms with Gasteiger partial charge in [0.15, 0.2) is 11.5 Å². The number of nitrogens with zero attached hydrogens (tertiary/aromatic N) is 4. The van der Waals surface area contributed by atoms with E-state index in [4.69, 9.17) is 14.2 Å². The predicted molar refractivity (Wildman–Crippen MR) is 134 cm³/mol. The third-order valence-corrected chi connectivity index (χ3v) is 5.97. The number of hydrogen-bond acceptors (Lipinski definition) is 8. The number of aryl methyl sites for hydroxylation is 1. The quantitative estimate of drug-likeness (QED) is 0.307. The molecule has 0 spiro atoms. The Bertz CT molecular complexity index is 1290. The lowest BCUT2D eigenvalue weighted by Crippen LogP contribution is -2.29. The maximum Gasteiger partial charge on any atom is 0.338 e. The van der Waals surface area contributed by atoms with Gasteiger partial charge in [-0.05, 0) is 70.4 Å². The molecule has 1 atom stereocenters. The number of aromatic nitrogens is 4. The van der Waals surface area contributed by atoms with Gasteiger partial charge in [-0.15, -0.1) is 0 Å². The highest BCUT2D eigenvalue weighted by atomic mass is 79.9. The van der Waals surface area contributed by atoms with E-state index in [2.05, 4.69) is 49.4 Å². The fraction of sp³-hybridized carbons (Fsp3) is 0.280. The summed E-state index contributed by atoms with van der Waals surface area (Å²) in [6.45, 7) is 10.2. The summed E-state index contributed by atoms with van der Waals surface area (Å²) in [7, 11) is 0. The molecule has 2 heterocycles. The van der Waals surface area contributed by atoms with Crippen molar-refractivity contribution in [2.24, 2.45) is 0 Å². The van der Waals surface area contributed by atoms with Gasteiger partial charge in [-0.25, -0.2) is 4.79 Å². The van der Waals surface area contributed by atoms with Crippen LogP contribution < -0.4 is 14.8 Å². The van der Waals surface area contributed by atoms with Gasteiger partial charge in [0.05, 0.1) is 16.7 Å². The van der Waals surface area contributed by atoms with E-state index in [1.807, 2.05) is 44.2 Å². The van der Waals surface area contributed by atoms with Crippen LogP contribution in [0.2, 0.25) is 0 Å². The van der Waals surface area contributed by atoms with Gasteiger partial charge in [0.1, 0.15) is 19.3 Å². The second-order valence-corrected chi connectivity index (χ2v) is 8.80. The Morgan fingerprint density at radius 3 is 2.83 bits per heavy atom. The summed E-state index contributed by atoms with van der Waals surface area (Å²) in [5.41, 5.74) is 3.91. The first-order valence-corrected chi connectivity index (χ1v) is 11.9. The van der Waals surface area contributed by atoms with Gasteiger partial charge >= 0.3 is 5.97 Å². The van der Waals surface area contributed by atoms with Crippen molar-refractivity contribution in [1.29, 1.82) is 0 Å². The molecule has 0 aliphatic carbocycles. The zero-order chi connectivity index (χ0) is 24.9. The number of esters is 1. The van der Waals surface area contributed by atoms with Crippen LogP contribution in [0.1, 0.15) is 36.6 Å². The van der Waals surface area contributed by atoms with Crippen LogP contribution in [0, 0.1) is 6.92 Å². The summed E-state index contributed by atoms with van der Waals surface area (Å²) < 4.78 is 19.7. The number of allylic oxidation sites excluding steroid dienone is 1. The molecular weight excluding hydrogens is 514 g/mol. The van der Waals surface area contributed by atoms with Gasteiger partial charge in [0.25, 0.3) is 0 Å². The SMILES string of the molecule is C=CCOC(=O)C1=C(C)Nc2nnnn2C1c1cc(Br)c(OCc2cccc(C)c2)c(OCC)c1. The standard InChI is InChI=1S/C25H26BrN5O4/c1-5-10-34-24(32)21-16(4)27-25-28-29-30-31(25)22(21)18-12-19(26)23(20(13-18)33-6-2)35-14-17-9-7-8-15(3)11-17/h5,7-9,11-13,22H,1,6,10,14H2,2-4H3,(H,27,28,30). The van der Waals surface area contributed by atoms with Gasteiger partial charge in [-0.2, -0.15) is 4.68 Å². The van der Waals surface area contributed by atoms with Crippen molar-refractivity contribution < 1.29 is 19.0 Å². The van der Waals surface area contributed by atoms with Crippen molar-refractivity contribution >= 4 is 27.8 Å². The molecule has 1 N–H and O–H groups in total. The van der Waals surface area contributed by atoms with E-state index in [-0.39, 0.29) is 6.61 Å². The average molecular weight is 540 g/mol. The third kappa shape index (κ3) is 5.22. The van der Waals surface area contributed by atoms with E-state index in [1.54, 1.807) is 11.6 Å². The van der Waals surface area contributed by atoms with Crippen LogP contribution >= 0.6 is 15.9 Å². The smallest absolute Gasteiger partial charge is 0.338 e. The van der Waals surface area contributed by atoms with Crippen LogP contribution in [0.5, 0.6) is 11.5 Å². The van der Waals surface area contributed by atoms with Crippen molar-refractivity contribution in [1.82, 2.24) is 20.2 Å². The van der Waals surface area contributed by atoms with Crippen LogP contribution in [-0.4, -0.2) is 39.4 Å². The molecule has 4 rings (SSSR count). The molecule has 0 amide bonds. The molecular formula is C25H26BrN5O4. The van der Waals surface area contributed by atoms with Gasteiger partial charge in [-0.1, -0.05) is 47.6 Å². The van der Waals surface area contributed by atoms with Crippen molar-refractivity contribution in [3.8, 4) is 11.5 Å². The molecule has 9 nitrogen and oxygen atoms in total. The number of halogens is 1. The zero-order valence-corrected chi connectivity index (χ0v) is 21.3.